The van der Waals surface area contributed by atoms with Gasteiger partial charge in [0.05, 0.1) is 10.2 Å². The van der Waals surface area contributed by atoms with E-state index in [4.69, 9.17) is 5.26 Å². The number of carbonyl (C=O) groups excluding carboxylic acids is 1. The second kappa shape index (κ2) is 3.41. The molecule has 0 amide bonds. The average molecular weight is 220 g/mol. The molecular weight excluding hydrogens is 215 g/mol. The first-order valence-corrected chi connectivity index (χ1v) is 4.94. The third-order valence-corrected chi connectivity index (χ3v) is 2.94. The number of halogens is 1. The first-order chi connectivity index (χ1) is 7.11. The molecule has 0 N–H and O–H groups in total. The van der Waals surface area contributed by atoms with Crippen LogP contribution in [0.25, 0.3) is 10.2 Å². The maximum absolute atomic E-state index is 13.1. The Morgan fingerprint density at radius 1 is 1.60 bits per heavy atom. The zero-order chi connectivity index (χ0) is 11.0. The van der Waals surface area contributed by atoms with Gasteiger partial charge >= 0.3 is 0 Å². The molecular formula is C10H5FN2OS. The SMILES string of the molecule is CC(=O)c1cc(F)cc2nc(C#N)sc12. The fraction of sp³-hybridized carbons (Fsp3) is 0.100. The summed E-state index contributed by atoms with van der Waals surface area (Å²) < 4.78 is 13.7. The predicted octanol–water partition coefficient (Wildman–Crippen LogP) is 2.51. The summed E-state index contributed by atoms with van der Waals surface area (Å²) in [5.41, 5.74) is 0.644. The highest BCUT2D eigenvalue weighted by molar-refractivity contribution is 7.19. The van der Waals surface area contributed by atoms with Gasteiger partial charge in [-0.1, -0.05) is 0 Å². The lowest BCUT2D eigenvalue weighted by Gasteiger charge is -1.96. The van der Waals surface area contributed by atoms with E-state index in [0.29, 0.717) is 10.2 Å². The van der Waals surface area contributed by atoms with Crippen LogP contribution in [-0.4, -0.2) is 10.8 Å². The molecule has 74 valence electrons. The molecule has 1 aromatic carbocycles. The van der Waals surface area contributed by atoms with E-state index in [1.807, 2.05) is 6.07 Å². The van der Waals surface area contributed by atoms with Crippen molar-refractivity contribution in [2.24, 2.45) is 0 Å². The molecule has 2 rings (SSSR count). The molecule has 5 heteroatoms. The van der Waals surface area contributed by atoms with Crippen molar-refractivity contribution in [1.82, 2.24) is 4.98 Å². The van der Waals surface area contributed by atoms with Gasteiger partial charge in [0.1, 0.15) is 11.9 Å². The number of aromatic nitrogens is 1. The lowest BCUT2D eigenvalue weighted by Crippen LogP contribution is -1.93. The van der Waals surface area contributed by atoms with Crippen molar-refractivity contribution in [1.29, 1.82) is 5.26 Å². The Morgan fingerprint density at radius 3 is 2.93 bits per heavy atom. The normalized spacial score (nSPS) is 10.2. The quantitative estimate of drug-likeness (QED) is 0.694. The minimum Gasteiger partial charge on any atom is -0.294 e. The molecule has 0 saturated carbocycles. The van der Waals surface area contributed by atoms with Crippen LogP contribution in [0.15, 0.2) is 12.1 Å². The Bertz CT molecular complexity index is 597. The molecule has 3 nitrogen and oxygen atoms in total. The summed E-state index contributed by atoms with van der Waals surface area (Å²) >= 11 is 1.10. The number of ketones is 1. The van der Waals surface area contributed by atoms with Crippen LogP contribution in [0.3, 0.4) is 0 Å². The summed E-state index contributed by atoms with van der Waals surface area (Å²) in [4.78, 5) is 15.1. The van der Waals surface area contributed by atoms with Crippen molar-refractivity contribution in [3.63, 3.8) is 0 Å². The van der Waals surface area contributed by atoms with Crippen LogP contribution in [0.4, 0.5) is 4.39 Å². The number of nitrogens with zero attached hydrogens (tertiary/aromatic N) is 2. The number of Topliss-reactive ketones (excluding diaryl/α,β-unsaturated/α-hetero) is 1. The lowest BCUT2D eigenvalue weighted by molar-refractivity contribution is 0.101. The number of rotatable bonds is 1. The van der Waals surface area contributed by atoms with Gasteiger partial charge in [-0.25, -0.2) is 9.37 Å². The standard InChI is InChI=1S/C10H5FN2OS/c1-5(14)7-2-6(11)3-8-10(7)15-9(4-12)13-8/h2-3H,1H3. The summed E-state index contributed by atoms with van der Waals surface area (Å²) in [6.07, 6.45) is 0. The maximum atomic E-state index is 13.1. The molecule has 1 aromatic heterocycles. The topological polar surface area (TPSA) is 53.8 Å². The second-order valence-electron chi connectivity index (χ2n) is 2.99. The number of fused-ring (bicyclic) bond motifs is 1. The summed E-state index contributed by atoms with van der Waals surface area (Å²) in [5.74, 6) is -0.741. The van der Waals surface area contributed by atoms with Gasteiger partial charge in [0.2, 0.25) is 0 Å². The van der Waals surface area contributed by atoms with E-state index in [1.54, 1.807) is 0 Å². The molecule has 0 aliphatic carbocycles. The Hall–Kier alpha value is -1.80. The highest BCUT2D eigenvalue weighted by Crippen LogP contribution is 2.26. The molecule has 0 atom stereocenters. The van der Waals surface area contributed by atoms with Crippen molar-refractivity contribution in [3.05, 3.63) is 28.5 Å². The molecule has 0 saturated heterocycles. The summed E-state index contributed by atoms with van der Waals surface area (Å²) in [5, 5.41) is 8.89. The van der Waals surface area contributed by atoms with E-state index in [0.717, 1.165) is 11.3 Å². The average Bonchev–Trinajstić information content (AvgIpc) is 2.58. The van der Waals surface area contributed by atoms with E-state index >= 15 is 0 Å². The van der Waals surface area contributed by atoms with Crippen LogP contribution < -0.4 is 0 Å². The smallest absolute Gasteiger partial charge is 0.195 e. The Labute approximate surface area is 88.8 Å². The van der Waals surface area contributed by atoms with E-state index < -0.39 is 5.82 Å². The third-order valence-electron chi connectivity index (χ3n) is 1.93. The van der Waals surface area contributed by atoms with Crippen LogP contribution in [-0.2, 0) is 0 Å². The monoisotopic (exact) mass is 220 g/mol. The Morgan fingerprint density at radius 2 is 2.33 bits per heavy atom. The Balaban J connectivity index is 2.85. The van der Waals surface area contributed by atoms with Crippen molar-refractivity contribution in [3.8, 4) is 6.07 Å². The minimum atomic E-state index is -0.512. The molecule has 0 fully saturated rings. The number of benzene rings is 1. The van der Waals surface area contributed by atoms with Crippen molar-refractivity contribution in [2.45, 2.75) is 6.92 Å². The zero-order valence-corrected chi connectivity index (χ0v) is 8.56. The first kappa shape index (κ1) is 9.74. The number of thiazole rings is 1. The van der Waals surface area contributed by atoms with Gasteiger partial charge in [0, 0.05) is 11.6 Å². The Kier molecular flexibility index (Phi) is 2.21. The van der Waals surface area contributed by atoms with E-state index in [2.05, 4.69) is 4.98 Å². The molecule has 0 aliphatic rings. The van der Waals surface area contributed by atoms with Gasteiger partial charge in [-0.3, -0.25) is 4.79 Å². The molecule has 0 bridgehead atoms. The number of hydrogen-bond donors (Lipinski definition) is 0. The van der Waals surface area contributed by atoms with Crippen molar-refractivity contribution < 1.29 is 9.18 Å². The summed E-state index contributed by atoms with van der Waals surface area (Å²) in [6.45, 7) is 1.36. The van der Waals surface area contributed by atoms with Gasteiger partial charge < -0.3 is 0 Å². The molecule has 2 aromatic rings. The first-order valence-electron chi connectivity index (χ1n) is 4.13. The summed E-state index contributed by atoms with van der Waals surface area (Å²) in [6, 6.07) is 4.27. The number of hydrogen-bond acceptors (Lipinski definition) is 4. The largest absolute Gasteiger partial charge is 0.294 e. The molecule has 1 heterocycles. The van der Waals surface area contributed by atoms with Crippen molar-refractivity contribution in [2.75, 3.05) is 0 Å². The van der Waals surface area contributed by atoms with E-state index in [-0.39, 0.29) is 16.4 Å². The lowest BCUT2D eigenvalue weighted by atomic mass is 10.1. The molecule has 0 unspecified atom stereocenters. The fourth-order valence-electron chi connectivity index (χ4n) is 1.31. The van der Waals surface area contributed by atoms with Gasteiger partial charge in [-0.15, -0.1) is 11.3 Å². The van der Waals surface area contributed by atoms with Crippen LogP contribution in [0, 0.1) is 17.1 Å². The summed E-state index contributed by atoms with van der Waals surface area (Å²) in [7, 11) is 0. The van der Waals surface area contributed by atoms with Gasteiger partial charge in [0.25, 0.3) is 0 Å². The molecule has 15 heavy (non-hydrogen) atoms. The third kappa shape index (κ3) is 1.60. The van der Waals surface area contributed by atoms with Crippen LogP contribution in [0.1, 0.15) is 22.3 Å². The fourth-order valence-corrected chi connectivity index (χ4v) is 2.21. The van der Waals surface area contributed by atoms with Crippen molar-refractivity contribution >= 4 is 27.3 Å². The van der Waals surface area contributed by atoms with Crippen LogP contribution in [0.2, 0.25) is 0 Å². The van der Waals surface area contributed by atoms with Crippen LogP contribution in [0.5, 0.6) is 0 Å². The van der Waals surface area contributed by atoms with Gasteiger partial charge in [0.15, 0.2) is 10.8 Å². The molecule has 0 spiro atoms. The highest BCUT2D eigenvalue weighted by atomic mass is 32.1. The zero-order valence-electron chi connectivity index (χ0n) is 7.74. The van der Waals surface area contributed by atoms with Gasteiger partial charge in [-0.05, 0) is 13.0 Å². The number of carbonyl (C=O) groups is 1. The maximum Gasteiger partial charge on any atom is 0.195 e. The second-order valence-corrected chi connectivity index (χ2v) is 3.99. The van der Waals surface area contributed by atoms with Gasteiger partial charge in [-0.2, -0.15) is 5.26 Å². The highest BCUT2D eigenvalue weighted by Gasteiger charge is 2.12. The molecule has 0 aliphatic heterocycles. The minimum absolute atomic E-state index is 0.229. The number of nitriles is 1. The predicted molar refractivity (Wildman–Crippen MR) is 54.3 cm³/mol. The van der Waals surface area contributed by atoms with Crippen LogP contribution >= 0.6 is 11.3 Å². The van der Waals surface area contributed by atoms with E-state index in [1.165, 1.54) is 19.1 Å². The van der Waals surface area contributed by atoms with E-state index in [9.17, 15) is 9.18 Å². The molecule has 0 radical (unpaired) electrons.